The molecular formula is C9H7N5. The van der Waals surface area contributed by atoms with Crippen LogP contribution in [-0.4, -0.2) is 24.6 Å². The van der Waals surface area contributed by atoms with Gasteiger partial charge in [-0.2, -0.15) is 5.10 Å². The van der Waals surface area contributed by atoms with Crippen molar-refractivity contribution in [2.45, 2.75) is 0 Å². The smallest absolute Gasteiger partial charge is 0.156 e. The van der Waals surface area contributed by atoms with Gasteiger partial charge >= 0.3 is 0 Å². The molecule has 0 amide bonds. The minimum Gasteiger partial charge on any atom is -0.306 e. The number of pyridine rings is 1. The largest absolute Gasteiger partial charge is 0.306 e. The molecule has 0 aliphatic carbocycles. The van der Waals surface area contributed by atoms with Crippen LogP contribution in [0.3, 0.4) is 0 Å². The molecule has 0 unspecified atom stereocenters. The molecule has 3 aromatic rings. The van der Waals surface area contributed by atoms with Gasteiger partial charge in [-0.25, -0.2) is 9.97 Å². The first-order valence-corrected chi connectivity index (χ1v) is 4.22. The van der Waals surface area contributed by atoms with E-state index in [2.05, 4.69) is 20.2 Å². The van der Waals surface area contributed by atoms with Crippen LogP contribution in [0.2, 0.25) is 0 Å². The summed E-state index contributed by atoms with van der Waals surface area (Å²) in [6.07, 6.45) is 7.12. The van der Waals surface area contributed by atoms with Gasteiger partial charge in [0.25, 0.3) is 0 Å². The second-order valence-electron chi connectivity index (χ2n) is 2.94. The average Bonchev–Trinajstić information content (AvgIpc) is 2.88. The van der Waals surface area contributed by atoms with Crippen molar-refractivity contribution in [1.29, 1.82) is 0 Å². The van der Waals surface area contributed by atoms with E-state index in [4.69, 9.17) is 0 Å². The van der Waals surface area contributed by atoms with Crippen molar-refractivity contribution in [2.75, 3.05) is 0 Å². The van der Waals surface area contributed by atoms with E-state index >= 15 is 0 Å². The summed E-state index contributed by atoms with van der Waals surface area (Å²) in [7, 11) is 0. The molecule has 0 aromatic carbocycles. The van der Waals surface area contributed by atoms with Crippen molar-refractivity contribution < 1.29 is 0 Å². The lowest BCUT2D eigenvalue weighted by Gasteiger charge is -1.97. The van der Waals surface area contributed by atoms with E-state index in [9.17, 15) is 0 Å². The zero-order valence-electron chi connectivity index (χ0n) is 7.25. The molecule has 5 heteroatoms. The molecule has 0 saturated heterocycles. The molecule has 0 atom stereocenters. The minimum atomic E-state index is 0.764. The van der Waals surface area contributed by atoms with Gasteiger partial charge in [-0.3, -0.25) is 5.10 Å². The van der Waals surface area contributed by atoms with Crippen LogP contribution in [0.1, 0.15) is 0 Å². The van der Waals surface area contributed by atoms with Gasteiger partial charge in [-0.05, 0) is 12.1 Å². The molecule has 0 radical (unpaired) electrons. The fraction of sp³-hybridized carbons (Fsp3) is 0. The van der Waals surface area contributed by atoms with E-state index in [0.29, 0.717) is 0 Å². The first kappa shape index (κ1) is 7.25. The summed E-state index contributed by atoms with van der Waals surface area (Å²) in [6, 6.07) is 3.90. The molecule has 1 N–H and O–H groups in total. The summed E-state index contributed by atoms with van der Waals surface area (Å²) < 4.78 is 1.94. The highest BCUT2D eigenvalue weighted by atomic mass is 15.2. The van der Waals surface area contributed by atoms with Gasteiger partial charge in [0.15, 0.2) is 5.82 Å². The van der Waals surface area contributed by atoms with E-state index in [-0.39, 0.29) is 0 Å². The Balaban J connectivity index is 2.23. The molecule has 3 heterocycles. The van der Waals surface area contributed by atoms with Crippen molar-refractivity contribution in [2.24, 2.45) is 0 Å². The summed E-state index contributed by atoms with van der Waals surface area (Å²) >= 11 is 0. The third-order valence-electron chi connectivity index (χ3n) is 2.08. The average molecular weight is 185 g/mol. The molecular weight excluding hydrogens is 178 g/mol. The van der Waals surface area contributed by atoms with Crippen LogP contribution < -0.4 is 0 Å². The summed E-state index contributed by atoms with van der Waals surface area (Å²) in [5, 5.41) is 6.62. The summed E-state index contributed by atoms with van der Waals surface area (Å²) in [6.45, 7) is 0. The van der Waals surface area contributed by atoms with Crippen molar-refractivity contribution >= 4 is 5.65 Å². The third-order valence-corrected chi connectivity index (χ3v) is 2.08. The molecule has 68 valence electrons. The zero-order chi connectivity index (χ0) is 9.38. The van der Waals surface area contributed by atoms with Gasteiger partial charge in [0.05, 0.1) is 0 Å². The van der Waals surface area contributed by atoms with Gasteiger partial charge in [0.2, 0.25) is 0 Å². The van der Waals surface area contributed by atoms with Crippen molar-refractivity contribution in [3.05, 3.63) is 37.1 Å². The first-order chi connectivity index (χ1) is 6.93. The first-order valence-electron chi connectivity index (χ1n) is 4.22. The fourth-order valence-electron chi connectivity index (χ4n) is 1.40. The molecule has 0 fully saturated rings. The number of fused-ring (bicyclic) bond motifs is 1. The number of nitrogens with zero attached hydrogens (tertiary/aromatic N) is 4. The molecule has 0 aliphatic heterocycles. The van der Waals surface area contributed by atoms with Crippen LogP contribution in [0.5, 0.6) is 0 Å². The number of hydrogen-bond donors (Lipinski definition) is 1. The highest BCUT2D eigenvalue weighted by Gasteiger charge is 2.01. The lowest BCUT2D eigenvalue weighted by molar-refractivity contribution is 1.09. The lowest BCUT2D eigenvalue weighted by atomic mass is 10.3. The molecule has 5 nitrogen and oxygen atoms in total. The SMILES string of the molecule is c1n[nH]c(-c2ccc3nccn3c2)n1. The van der Waals surface area contributed by atoms with Crippen LogP contribution in [-0.2, 0) is 0 Å². The number of aromatic amines is 1. The van der Waals surface area contributed by atoms with Crippen LogP contribution in [0, 0.1) is 0 Å². The Kier molecular flexibility index (Phi) is 1.38. The van der Waals surface area contributed by atoms with Crippen molar-refractivity contribution in [1.82, 2.24) is 24.6 Å². The van der Waals surface area contributed by atoms with Gasteiger partial charge in [-0.15, -0.1) is 0 Å². The summed E-state index contributed by atoms with van der Waals surface area (Å²) in [5.41, 5.74) is 1.92. The maximum atomic E-state index is 4.16. The Hall–Kier alpha value is -2.17. The van der Waals surface area contributed by atoms with E-state index < -0.39 is 0 Å². The van der Waals surface area contributed by atoms with E-state index in [1.807, 2.05) is 28.9 Å². The number of hydrogen-bond acceptors (Lipinski definition) is 3. The Labute approximate surface area is 79.4 Å². The molecule has 3 aromatic heterocycles. The second-order valence-corrected chi connectivity index (χ2v) is 2.94. The topological polar surface area (TPSA) is 58.9 Å². The monoisotopic (exact) mass is 185 g/mol. The number of rotatable bonds is 1. The second kappa shape index (κ2) is 2.66. The Morgan fingerprint density at radius 3 is 3.07 bits per heavy atom. The summed E-state index contributed by atoms with van der Waals surface area (Å²) in [4.78, 5) is 8.24. The minimum absolute atomic E-state index is 0.764. The van der Waals surface area contributed by atoms with Gasteiger partial charge in [0.1, 0.15) is 12.0 Å². The maximum absolute atomic E-state index is 4.16. The van der Waals surface area contributed by atoms with Gasteiger partial charge in [0, 0.05) is 24.2 Å². The highest BCUT2D eigenvalue weighted by molar-refractivity contribution is 5.56. The fourth-order valence-corrected chi connectivity index (χ4v) is 1.40. The van der Waals surface area contributed by atoms with E-state index in [0.717, 1.165) is 17.0 Å². The third kappa shape index (κ3) is 0.990. The molecule has 0 aliphatic rings. The number of nitrogens with one attached hydrogen (secondary N) is 1. The molecule has 0 saturated carbocycles. The Bertz CT molecular complexity index is 551. The zero-order valence-corrected chi connectivity index (χ0v) is 7.25. The molecule has 0 bridgehead atoms. The van der Waals surface area contributed by atoms with Crippen molar-refractivity contribution in [3.63, 3.8) is 0 Å². The van der Waals surface area contributed by atoms with E-state index in [1.165, 1.54) is 6.33 Å². The highest BCUT2D eigenvalue weighted by Crippen LogP contribution is 2.13. The molecule has 3 rings (SSSR count). The molecule has 14 heavy (non-hydrogen) atoms. The standard InChI is InChI=1S/C9H7N5/c1-2-8-10-3-4-14(8)5-7(1)9-11-6-12-13-9/h1-6H,(H,11,12,13). The normalized spacial score (nSPS) is 10.9. The van der Waals surface area contributed by atoms with Gasteiger partial charge in [-0.1, -0.05) is 0 Å². The van der Waals surface area contributed by atoms with Crippen LogP contribution in [0.15, 0.2) is 37.1 Å². The van der Waals surface area contributed by atoms with Crippen molar-refractivity contribution in [3.8, 4) is 11.4 Å². The van der Waals surface area contributed by atoms with Crippen LogP contribution >= 0.6 is 0 Å². The van der Waals surface area contributed by atoms with E-state index in [1.54, 1.807) is 6.20 Å². The molecule has 0 spiro atoms. The predicted octanol–water partition coefficient (Wildman–Crippen LogP) is 1.12. The predicted molar refractivity (Wildman–Crippen MR) is 50.6 cm³/mol. The number of H-pyrrole nitrogens is 1. The van der Waals surface area contributed by atoms with Crippen LogP contribution in [0.25, 0.3) is 17.0 Å². The Morgan fingerprint density at radius 1 is 1.21 bits per heavy atom. The number of imidazole rings is 1. The maximum Gasteiger partial charge on any atom is 0.156 e. The Morgan fingerprint density at radius 2 is 2.21 bits per heavy atom. The summed E-state index contributed by atoms with van der Waals surface area (Å²) in [5.74, 6) is 0.764. The quantitative estimate of drug-likeness (QED) is 0.618. The number of aromatic nitrogens is 5. The van der Waals surface area contributed by atoms with Crippen LogP contribution in [0.4, 0.5) is 0 Å². The lowest BCUT2D eigenvalue weighted by Crippen LogP contribution is -1.86. The van der Waals surface area contributed by atoms with Gasteiger partial charge < -0.3 is 4.40 Å².